The molecule has 0 aliphatic rings. The Balaban J connectivity index is 1.48. The summed E-state index contributed by atoms with van der Waals surface area (Å²) in [5.41, 5.74) is 3.25. The zero-order chi connectivity index (χ0) is 20.8. The number of aromatic nitrogens is 2. The highest BCUT2D eigenvalue weighted by molar-refractivity contribution is 5.87. The second kappa shape index (κ2) is 8.87. The molecular formula is C24H20N4O2. The van der Waals surface area contributed by atoms with Gasteiger partial charge in [-0.25, -0.2) is 14.8 Å². The summed E-state index contributed by atoms with van der Waals surface area (Å²) < 4.78 is 5.27. The van der Waals surface area contributed by atoms with Crippen molar-refractivity contribution in [3.8, 4) is 17.0 Å². The molecular weight excluding hydrogens is 376 g/mol. The topological polar surface area (TPSA) is 76.1 Å². The Morgan fingerprint density at radius 2 is 1.50 bits per heavy atom. The quantitative estimate of drug-likeness (QED) is 0.445. The Labute approximate surface area is 174 Å². The maximum Gasteiger partial charge on any atom is 0.417 e. The van der Waals surface area contributed by atoms with Crippen molar-refractivity contribution in [1.29, 1.82) is 0 Å². The predicted octanol–water partition coefficient (Wildman–Crippen LogP) is 5.81. The fraction of sp³-hybridized carbons (Fsp3) is 0.0417. The molecule has 30 heavy (non-hydrogen) atoms. The fourth-order valence-corrected chi connectivity index (χ4v) is 2.95. The van der Waals surface area contributed by atoms with Crippen LogP contribution in [0.15, 0.2) is 91.0 Å². The molecule has 0 aliphatic carbocycles. The van der Waals surface area contributed by atoms with E-state index < -0.39 is 6.09 Å². The van der Waals surface area contributed by atoms with Crippen LogP contribution in [0.2, 0.25) is 0 Å². The second-order valence-electron chi connectivity index (χ2n) is 6.59. The molecule has 0 saturated heterocycles. The average molecular weight is 396 g/mol. The minimum atomic E-state index is -0.553. The number of para-hydroxylation sites is 1. The van der Waals surface area contributed by atoms with E-state index in [4.69, 9.17) is 4.74 Å². The molecule has 0 radical (unpaired) electrons. The molecule has 0 bridgehead atoms. The van der Waals surface area contributed by atoms with Gasteiger partial charge in [-0.2, -0.15) is 0 Å². The largest absolute Gasteiger partial charge is 0.417 e. The van der Waals surface area contributed by atoms with Crippen LogP contribution in [0.4, 0.5) is 22.0 Å². The molecule has 0 fully saturated rings. The number of hydrogen-bond donors (Lipinski definition) is 2. The van der Waals surface area contributed by atoms with Gasteiger partial charge in [-0.1, -0.05) is 54.6 Å². The van der Waals surface area contributed by atoms with Crippen molar-refractivity contribution < 1.29 is 9.53 Å². The van der Waals surface area contributed by atoms with E-state index in [0.717, 1.165) is 16.9 Å². The van der Waals surface area contributed by atoms with Crippen LogP contribution >= 0.6 is 0 Å². The maximum absolute atomic E-state index is 12.1. The molecule has 0 atom stereocenters. The molecule has 0 unspecified atom stereocenters. The van der Waals surface area contributed by atoms with Gasteiger partial charge in [0.05, 0.1) is 5.69 Å². The molecule has 148 valence electrons. The van der Waals surface area contributed by atoms with Gasteiger partial charge >= 0.3 is 6.09 Å². The zero-order valence-electron chi connectivity index (χ0n) is 16.4. The van der Waals surface area contributed by atoms with Gasteiger partial charge in [0.25, 0.3) is 0 Å². The summed E-state index contributed by atoms with van der Waals surface area (Å²) in [6, 6.07) is 28.1. The maximum atomic E-state index is 12.1. The molecule has 1 aromatic heterocycles. The molecule has 6 nitrogen and oxygen atoms in total. The summed E-state index contributed by atoms with van der Waals surface area (Å²) in [5.74, 6) is 1.82. The average Bonchev–Trinajstić information content (AvgIpc) is 2.75. The summed E-state index contributed by atoms with van der Waals surface area (Å²) >= 11 is 0. The summed E-state index contributed by atoms with van der Waals surface area (Å²) in [6.07, 6.45) is -0.553. The van der Waals surface area contributed by atoms with Crippen LogP contribution in [0.3, 0.4) is 0 Å². The van der Waals surface area contributed by atoms with E-state index in [2.05, 4.69) is 20.6 Å². The molecule has 4 rings (SSSR count). The van der Waals surface area contributed by atoms with Crippen LogP contribution in [0.5, 0.6) is 5.75 Å². The minimum Gasteiger partial charge on any atom is -0.410 e. The first-order chi connectivity index (χ1) is 14.7. The van der Waals surface area contributed by atoms with Crippen LogP contribution < -0.4 is 15.4 Å². The third-order valence-corrected chi connectivity index (χ3v) is 4.24. The Hall–Kier alpha value is -4.19. The zero-order valence-corrected chi connectivity index (χ0v) is 16.4. The van der Waals surface area contributed by atoms with Gasteiger partial charge in [-0.05, 0) is 37.3 Å². The monoisotopic (exact) mass is 396 g/mol. The van der Waals surface area contributed by atoms with Gasteiger partial charge in [0.15, 0.2) is 0 Å². The lowest BCUT2D eigenvalue weighted by atomic mass is 10.1. The molecule has 2 N–H and O–H groups in total. The number of nitrogens with one attached hydrogen (secondary N) is 2. The van der Waals surface area contributed by atoms with E-state index in [1.807, 2.05) is 67.6 Å². The van der Waals surface area contributed by atoms with Crippen molar-refractivity contribution in [3.05, 3.63) is 96.8 Å². The van der Waals surface area contributed by atoms with Gasteiger partial charge in [0, 0.05) is 23.0 Å². The number of amides is 1. The minimum absolute atomic E-state index is 0.481. The number of hydrogen-bond acceptors (Lipinski definition) is 5. The molecule has 0 spiro atoms. The highest BCUT2D eigenvalue weighted by Gasteiger charge is 2.07. The molecule has 6 heteroatoms. The van der Waals surface area contributed by atoms with E-state index in [1.54, 1.807) is 30.3 Å². The standard InChI is InChI=1S/C24H20N4O2/c1-17-25-22(18-9-4-2-5-10-18)16-23(26-17)27-19-11-8-12-20(15-19)28-24(29)30-21-13-6-3-7-14-21/h2-16H,1H3,(H,28,29)(H,25,26,27). The molecule has 3 aromatic carbocycles. The number of carbonyl (C=O) groups excluding carboxylic acids is 1. The third kappa shape index (κ3) is 4.99. The Kier molecular flexibility index (Phi) is 5.66. The van der Waals surface area contributed by atoms with Crippen LogP contribution in [-0.2, 0) is 0 Å². The van der Waals surface area contributed by atoms with Gasteiger partial charge in [-0.3, -0.25) is 5.32 Å². The van der Waals surface area contributed by atoms with Crippen LogP contribution in [0.1, 0.15) is 5.82 Å². The Bertz CT molecular complexity index is 1150. The number of carbonyl (C=O) groups is 1. The van der Waals surface area contributed by atoms with E-state index >= 15 is 0 Å². The van der Waals surface area contributed by atoms with Gasteiger partial charge in [0.2, 0.25) is 0 Å². The Morgan fingerprint density at radius 1 is 0.800 bits per heavy atom. The molecule has 1 heterocycles. The number of ether oxygens (including phenoxy) is 1. The van der Waals surface area contributed by atoms with E-state index in [-0.39, 0.29) is 0 Å². The summed E-state index contributed by atoms with van der Waals surface area (Å²) in [7, 11) is 0. The summed E-state index contributed by atoms with van der Waals surface area (Å²) in [4.78, 5) is 21.1. The van der Waals surface area contributed by atoms with Crippen LogP contribution in [0, 0.1) is 6.92 Å². The smallest absolute Gasteiger partial charge is 0.410 e. The molecule has 0 aliphatic heterocycles. The van der Waals surface area contributed by atoms with E-state index in [1.165, 1.54) is 0 Å². The van der Waals surface area contributed by atoms with Crippen molar-refractivity contribution in [1.82, 2.24) is 9.97 Å². The van der Waals surface area contributed by atoms with Gasteiger partial charge in [-0.15, -0.1) is 0 Å². The number of anilines is 3. The predicted molar refractivity (Wildman–Crippen MR) is 118 cm³/mol. The SMILES string of the molecule is Cc1nc(Nc2cccc(NC(=O)Oc3ccccc3)c2)cc(-c2ccccc2)n1. The fourth-order valence-electron chi connectivity index (χ4n) is 2.95. The van der Waals surface area contributed by atoms with Gasteiger partial charge < -0.3 is 10.1 Å². The lowest BCUT2D eigenvalue weighted by molar-refractivity contribution is 0.215. The van der Waals surface area contributed by atoms with Crippen LogP contribution in [-0.4, -0.2) is 16.1 Å². The number of rotatable bonds is 5. The lowest BCUT2D eigenvalue weighted by Crippen LogP contribution is -2.16. The van der Waals surface area contributed by atoms with Crippen molar-refractivity contribution in [2.24, 2.45) is 0 Å². The molecule has 1 amide bonds. The third-order valence-electron chi connectivity index (χ3n) is 4.24. The normalized spacial score (nSPS) is 10.3. The second-order valence-corrected chi connectivity index (χ2v) is 6.59. The first kappa shape index (κ1) is 19.1. The lowest BCUT2D eigenvalue weighted by Gasteiger charge is -2.11. The van der Waals surface area contributed by atoms with E-state index in [9.17, 15) is 4.79 Å². The number of aryl methyl sites for hydroxylation is 1. The van der Waals surface area contributed by atoms with Gasteiger partial charge in [0.1, 0.15) is 17.4 Å². The molecule has 0 saturated carbocycles. The van der Waals surface area contributed by atoms with E-state index in [0.29, 0.717) is 23.1 Å². The van der Waals surface area contributed by atoms with Crippen molar-refractivity contribution in [3.63, 3.8) is 0 Å². The highest BCUT2D eigenvalue weighted by Crippen LogP contribution is 2.23. The van der Waals surface area contributed by atoms with Crippen molar-refractivity contribution >= 4 is 23.3 Å². The summed E-state index contributed by atoms with van der Waals surface area (Å²) in [6.45, 7) is 1.86. The Morgan fingerprint density at radius 3 is 2.27 bits per heavy atom. The van der Waals surface area contributed by atoms with Crippen LogP contribution in [0.25, 0.3) is 11.3 Å². The number of nitrogens with zero attached hydrogens (tertiary/aromatic N) is 2. The van der Waals surface area contributed by atoms with Crippen molar-refractivity contribution in [2.45, 2.75) is 6.92 Å². The summed E-state index contributed by atoms with van der Waals surface area (Å²) in [5, 5.41) is 6.01. The highest BCUT2D eigenvalue weighted by atomic mass is 16.6. The number of benzene rings is 3. The van der Waals surface area contributed by atoms with Crippen molar-refractivity contribution in [2.75, 3.05) is 10.6 Å². The molecule has 4 aromatic rings. The first-order valence-corrected chi connectivity index (χ1v) is 9.48. The first-order valence-electron chi connectivity index (χ1n) is 9.48.